The highest BCUT2D eigenvalue weighted by molar-refractivity contribution is 5.97. The highest BCUT2D eigenvalue weighted by Crippen LogP contribution is 2.30. The van der Waals surface area contributed by atoms with E-state index in [9.17, 15) is 0 Å². The molecule has 5 aromatic rings. The molecule has 3 heteroatoms. The van der Waals surface area contributed by atoms with Gasteiger partial charge in [0.25, 0.3) is 0 Å². The van der Waals surface area contributed by atoms with E-state index in [-0.39, 0.29) is 0 Å². The van der Waals surface area contributed by atoms with Gasteiger partial charge in [-0.1, -0.05) is 54.6 Å². The summed E-state index contributed by atoms with van der Waals surface area (Å²) >= 11 is 0. The molecule has 2 heterocycles. The summed E-state index contributed by atoms with van der Waals surface area (Å²) in [6.07, 6.45) is 3.83. The number of nitrogens with one attached hydrogen (secondary N) is 1. The Morgan fingerprint density at radius 1 is 0.704 bits per heavy atom. The molecule has 1 N–H and O–H groups in total. The average molecular weight is 349 g/mol. The van der Waals surface area contributed by atoms with Crippen LogP contribution in [0.3, 0.4) is 0 Å². The third-order valence-corrected chi connectivity index (χ3v) is 5.10. The van der Waals surface area contributed by atoms with E-state index in [0.29, 0.717) is 0 Å². The molecular weight excluding hydrogens is 330 g/mol. The number of nitrogens with zero attached hydrogens (tertiary/aromatic N) is 2. The number of hydrogen-bond acceptors (Lipinski definition) is 2. The maximum Gasteiger partial charge on any atom is 0.0924 e. The highest BCUT2D eigenvalue weighted by Gasteiger charge is 2.10. The van der Waals surface area contributed by atoms with Crippen LogP contribution in [0.25, 0.3) is 32.9 Å². The number of aromatic amines is 1. The third kappa shape index (κ3) is 2.97. The molecule has 0 saturated carbocycles. The summed E-state index contributed by atoms with van der Waals surface area (Å²) in [5, 5.41) is 10.1. The molecule has 27 heavy (non-hydrogen) atoms. The minimum absolute atomic E-state index is 0.945. The van der Waals surface area contributed by atoms with Crippen molar-refractivity contribution in [2.75, 3.05) is 0 Å². The molecule has 0 aliphatic carbocycles. The van der Waals surface area contributed by atoms with Crippen LogP contribution in [-0.2, 0) is 12.8 Å². The van der Waals surface area contributed by atoms with Crippen molar-refractivity contribution in [3.05, 3.63) is 96.3 Å². The standard InChI is InChI=1S/C24H19N3/c1-2-6-17(7-3-1)10-12-23-21-16-18(11-13-24(21)27-26-23)19-14-15-25-22-9-5-4-8-20(19)22/h1-9,11,13-16H,10,12H2,(H,26,27). The van der Waals surface area contributed by atoms with Crippen LogP contribution in [0.15, 0.2) is 85.1 Å². The quantitative estimate of drug-likeness (QED) is 0.461. The number of benzene rings is 3. The Balaban J connectivity index is 1.55. The summed E-state index contributed by atoms with van der Waals surface area (Å²) < 4.78 is 0. The lowest BCUT2D eigenvalue weighted by Gasteiger charge is -2.07. The van der Waals surface area contributed by atoms with Gasteiger partial charge in [-0.25, -0.2) is 0 Å². The van der Waals surface area contributed by atoms with Crippen molar-refractivity contribution in [1.29, 1.82) is 0 Å². The number of H-pyrrole nitrogens is 1. The van der Waals surface area contributed by atoms with E-state index in [1.807, 2.05) is 12.3 Å². The largest absolute Gasteiger partial charge is 0.281 e. The lowest BCUT2D eigenvalue weighted by molar-refractivity contribution is 0.901. The molecule has 0 saturated heterocycles. The number of pyridine rings is 1. The van der Waals surface area contributed by atoms with Crippen LogP contribution >= 0.6 is 0 Å². The molecule has 5 rings (SSSR count). The average Bonchev–Trinajstić information content (AvgIpc) is 3.15. The fourth-order valence-corrected chi connectivity index (χ4v) is 3.68. The Kier molecular flexibility index (Phi) is 3.91. The smallest absolute Gasteiger partial charge is 0.0924 e. The van der Waals surface area contributed by atoms with Crippen LogP contribution in [0, 0.1) is 0 Å². The first kappa shape index (κ1) is 15.8. The van der Waals surface area contributed by atoms with Gasteiger partial charge in [-0.15, -0.1) is 0 Å². The summed E-state index contributed by atoms with van der Waals surface area (Å²) in [6.45, 7) is 0. The van der Waals surface area contributed by atoms with Gasteiger partial charge in [0.2, 0.25) is 0 Å². The van der Waals surface area contributed by atoms with E-state index in [4.69, 9.17) is 0 Å². The SMILES string of the molecule is c1ccc(CCc2[nH]nc3ccc(-c4ccnc5ccccc45)cc23)cc1. The molecule has 2 aromatic heterocycles. The molecule has 0 bridgehead atoms. The van der Waals surface area contributed by atoms with Crippen molar-refractivity contribution in [3.63, 3.8) is 0 Å². The second-order valence-electron chi connectivity index (χ2n) is 6.80. The van der Waals surface area contributed by atoms with Crippen molar-refractivity contribution in [1.82, 2.24) is 15.2 Å². The molecule has 0 unspecified atom stereocenters. The zero-order valence-electron chi connectivity index (χ0n) is 14.9. The predicted molar refractivity (Wildman–Crippen MR) is 111 cm³/mol. The zero-order chi connectivity index (χ0) is 18.1. The minimum atomic E-state index is 0.945. The number of aryl methyl sites for hydroxylation is 2. The second-order valence-corrected chi connectivity index (χ2v) is 6.80. The van der Waals surface area contributed by atoms with Crippen molar-refractivity contribution in [3.8, 4) is 11.1 Å². The highest BCUT2D eigenvalue weighted by atomic mass is 15.1. The van der Waals surface area contributed by atoms with E-state index >= 15 is 0 Å². The molecule has 0 atom stereocenters. The fraction of sp³-hybridized carbons (Fsp3) is 0.0833. The molecule has 0 amide bonds. The van der Waals surface area contributed by atoms with Gasteiger partial charge < -0.3 is 0 Å². The fourth-order valence-electron chi connectivity index (χ4n) is 3.68. The lowest BCUT2D eigenvalue weighted by Crippen LogP contribution is -1.92. The third-order valence-electron chi connectivity index (χ3n) is 5.10. The number of hydrogen-bond donors (Lipinski definition) is 1. The van der Waals surface area contributed by atoms with E-state index in [2.05, 4.69) is 88.0 Å². The summed E-state index contributed by atoms with van der Waals surface area (Å²) in [5.74, 6) is 0. The molecule has 130 valence electrons. The van der Waals surface area contributed by atoms with E-state index in [1.54, 1.807) is 0 Å². The maximum atomic E-state index is 4.49. The molecule has 0 fully saturated rings. The van der Waals surface area contributed by atoms with Gasteiger partial charge in [0, 0.05) is 22.7 Å². The van der Waals surface area contributed by atoms with Gasteiger partial charge in [0.05, 0.1) is 11.0 Å². The second kappa shape index (κ2) is 6.69. The van der Waals surface area contributed by atoms with Gasteiger partial charge in [0.15, 0.2) is 0 Å². The van der Waals surface area contributed by atoms with Crippen LogP contribution in [-0.4, -0.2) is 15.2 Å². The summed E-state index contributed by atoms with van der Waals surface area (Å²) in [4.78, 5) is 4.48. The predicted octanol–water partition coefficient (Wildman–Crippen LogP) is 5.56. The number of aromatic nitrogens is 3. The molecular formula is C24H19N3. The topological polar surface area (TPSA) is 41.6 Å². The van der Waals surface area contributed by atoms with Crippen LogP contribution in [0.5, 0.6) is 0 Å². The minimum Gasteiger partial charge on any atom is -0.281 e. The Labute approximate surface area is 157 Å². The van der Waals surface area contributed by atoms with Crippen molar-refractivity contribution >= 4 is 21.8 Å². The van der Waals surface area contributed by atoms with E-state index in [1.165, 1.54) is 33.2 Å². The van der Waals surface area contributed by atoms with E-state index in [0.717, 1.165) is 23.9 Å². The Bertz CT molecular complexity index is 1220. The van der Waals surface area contributed by atoms with Gasteiger partial charge in [0.1, 0.15) is 0 Å². The lowest BCUT2D eigenvalue weighted by atomic mass is 9.98. The Morgan fingerprint density at radius 3 is 2.48 bits per heavy atom. The summed E-state index contributed by atoms with van der Waals surface area (Å²) in [7, 11) is 0. The van der Waals surface area contributed by atoms with Gasteiger partial charge >= 0.3 is 0 Å². The van der Waals surface area contributed by atoms with Crippen LogP contribution in [0.1, 0.15) is 11.3 Å². The van der Waals surface area contributed by atoms with Crippen LogP contribution < -0.4 is 0 Å². The van der Waals surface area contributed by atoms with Gasteiger partial charge in [-0.2, -0.15) is 5.10 Å². The van der Waals surface area contributed by atoms with Crippen molar-refractivity contribution < 1.29 is 0 Å². The zero-order valence-corrected chi connectivity index (χ0v) is 14.9. The molecule has 0 aliphatic heterocycles. The van der Waals surface area contributed by atoms with E-state index < -0.39 is 0 Å². The first-order valence-corrected chi connectivity index (χ1v) is 9.23. The van der Waals surface area contributed by atoms with Gasteiger partial charge in [-0.3, -0.25) is 10.1 Å². The summed E-state index contributed by atoms with van der Waals surface area (Å²) in [6, 6.07) is 27.5. The van der Waals surface area contributed by atoms with Crippen LogP contribution in [0.2, 0.25) is 0 Å². The maximum absolute atomic E-state index is 4.49. The first-order valence-electron chi connectivity index (χ1n) is 9.23. The van der Waals surface area contributed by atoms with Crippen molar-refractivity contribution in [2.24, 2.45) is 0 Å². The summed E-state index contributed by atoms with van der Waals surface area (Å²) in [5.41, 5.74) is 6.97. The normalized spacial score (nSPS) is 11.3. The monoisotopic (exact) mass is 349 g/mol. The molecule has 3 nitrogen and oxygen atoms in total. The number of fused-ring (bicyclic) bond motifs is 2. The van der Waals surface area contributed by atoms with Gasteiger partial charge in [-0.05, 0) is 53.8 Å². The van der Waals surface area contributed by atoms with Crippen molar-refractivity contribution in [2.45, 2.75) is 12.8 Å². The Hall–Kier alpha value is -3.46. The molecule has 3 aromatic carbocycles. The Morgan fingerprint density at radius 2 is 1.56 bits per heavy atom. The van der Waals surface area contributed by atoms with Crippen LogP contribution in [0.4, 0.5) is 0 Å². The number of para-hydroxylation sites is 1. The molecule has 0 radical (unpaired) electrons. The number of rotatable bonds is 4. The first-order chi connectivity index (χ1) is 13.4. The molecule has 0 aliphatic rings. The molecule has 0 spiro atoms.